The molecule has 0 aromatic heterocycles. The smallest absolute Gasteiger partial charge is 0.305 e. The van der Waals surface area contributed by atoms with Crippen molar-refractivity contribution < 1.29 is 14.3 Å². The largest absolute Gasteiger partial charge is 0.497 e. The molecule has 0 saturated heterocycles. The number of ether oxygens (including phenoxy) is 2. The first-order valence-electron chi connectivity index (χ1n) is 7.46. The minimum absolute atomic E-state index is 0.0931. The molecule has 0 unspecified atom stereocenters. The minimum atomic E-state index is -0.0931. The Morgan fingerprint density at radius 1 is 0.900 bits per heavy atom. The number of aryl methyl sites for hydroxylation is 1. The molecule has 0 spiro atoms. The van der Waals surface area contributed by atoms with Gasteiger partial charge < -0.3 is 9.47 Å². The van der Waals surface area contributed by atoms with Gasteiger partial charge >= 0.3 is 5.97 Å². The molecule has 112 valence electrons. The number of hydrogen-bond donors (Lipinski definition) is 0. The van der Waals surface area contributed by atoms with Crippen LogP contribution in [0.2, 0.25) is 0 Å². The van der Waals surface area contributed by atoms with Gasteiger partial charge in [-0.25, -0.2) is 0 Å². The van der Waals surface area contributed by atoms with Gasteiger partial charge in [0.25, 0.3) is 0 Å². The first kappa shape index (κ1) is 16.5. The van der Waals surface area contributed by atoms with Gasteiger partial charge in [-0.1, -0.05) is 37.8 Å². The predicted octanol–water partition coefficient (Wildman–Crippen LogP) is 4.14. The Kier molecular flexibility index (Phi) is 8.52. The Morgan fingerprint density at radius 3 is 2.10 bits per heavy atom. The molecule has 0 atom stereocenters. The number of carbonyl (C=O) groups excluding carboxylic acids is 1. The molecule has 20 heavy (non-hydrogen) atoms. The van der Waals surface area contributed by atoms with Crippen molar-refractivity contribution in [3.05, 3.63) is 29.8 Å². The standard InChI is InChI=1S/C17H26O3/c1-19-16-13-11-15(12-14-16)9-7-5-3-4-6-8-10-17(18)20-2/h11-14H,3-10H2,1-2H3. The molecule has 0 saturated carbocycles. The highest BCUT2D eigenvalue weighted by atomic mass is 16.5. The molecule has 0 aliphatic rings. The van der Waals surface area contributed by atoms with Crippen LogP contribution in [-0.2, 0) is 16.0 Å². The van der Waals surface area contributed by atoms with Crippen LogP contribution in [0.25, 0.3) is 0 Å². The molecule has 0 amide bonds. The van der Waals surface area contributed by atoms with E-state index < -0.39 is 0 Å². The predicted molar refractivity (Wildman–Crippen MR) is 81.0 cm³/mol. The van der Waals surface area contributed by atoms with Gasteiger partial charge in [0.2, 0.25) is 0 Å². The van der Waals surface area contributed by atoms with Gasteiger partial charge in [-0.2, -0.15) is 0 Å². The number of unbranched alkanes of at least 4 members (excludes halogenated alkanes) is 5. The lowest BCUT2D eigenvalue weighted by Crippen LogP contribution is -1.99. The van der Waals surface area contributed by atoms with E-state index >= 15 is 0 Å². The van der Waals surface area contributed by atoms with Crippen molar-refractivity contribution in [1.29, 1.82) is 0 Å². The summed E-state index contributed by atoms with van der Waals surface area (Å²) in [6.45, 7) is 0. The Balaban J connectivity index is 1.97. The summed E-state index contributed by atoms with van der Waals surface area (Å²) in [6, 6.07) is 8.30. The van der Waals surface area contributed by atoms with Crippen molar-refractivity contribution >= 4 is 5.97 Å². The SMILES string of the molecule is COC(=O)CCCCCCCCc1ccc(OC)cc1. The van der Waals surface area contributed by atoms with Gasteiger partial charge in [-0.3, -0.25) is 4.79 Å². The number of rotatable bonds is 10. The summed E-state index contributed by atoms with van der Waals surface area (Å²) in [7, 11) is 3.14. The zero-order valence-corrected chi connectivity index (χ0v) is 12.7. The molecule has 1 aromatic carbocycles. The highest BCUT2D eigenvalue weighted by molar-refractivity contribution is 5.68. The number of benzene rings is 1. The van der Waals surface area contributed by atoms with Gasteiger partial charge in [0.05, 0.1) is 14.2 Å². The highest BCUT2D eigenvalue weighted by Crippen LogP contribution is 2.14. The van der Waals surface area contributed by atoms with Crippen molar-refractivity contribution in [2.75, 3.05) is 14.2 Å². The van der Waals surface area contributed by atoms with E-state index in [1.54, 1.807) is 7.11 Å². The van der Waals surface area contributed by atoms with Gasteiger partial charge in [0.15, 0.2) is 0 Å². The molecule has 0 bridgehead atoms. The van der Waals surface area contributed by atoms with E-state index in [0.29, 0.717) is 6.42 Å². The van der Waals surface area contributed by atoms with E-state index in [4.69, 9.17) is 4.74 Å². The summed E-state index contributed by atoms with van der Waals surface area (Å²) >= 11 is 0. The third kappa shape index (κ3) is 7.17. The molecule has 0 heterocycles. The fraction of sp³-hybridized carbons (Fsp3) is 0.588. The maximum absolute atomic E-state index is 10.9. The molecule has 1 aromatic rings. The van der Waals surface area contributed by atoms with Crippen molar-refractivity contribution in [2.45, 2.75) is 51.4 Å². The normalized spacial score (nSPS) is 10.3. The summed E-state index contributed by atoms with van der Waals surface area (Å²) in [4.78, 5) is 10.9. The summed E-state index contributed by atoms with van der Waals surface area (Å²) < 4.78 is 9.75. The lowest BCUT2D eigenvalue weighted by molar-refractivity contribution is -0.140. The summed E-state index contributed by atoms with van der Waals surface area (Å²) in [5, 5.41) is 0. The number of carbonyl (C=O) groups is 1. The van der Waals surface area contributed by atoms with Crippen LogP contribution in [0, 0.1) is 0 Å². The second-order valence-corrected chi connectivity index (χ2v) is 5.05. The van der Waals surface area contributed by atoms with Crippen LogP contribution in [-0.4, -0.2) is 20.2 Å². The third-order valence-electron chi connectivity index (χ3n) is 3.48. The fourth-order valence-electron chi connectivity index (χ4n) is 2.20. The molecule has 0 aliphatic carbocycles. The first-order valence-corrected chi connectivity index (χ1v) is 7.46. The first-order chi connectivity index (χ1) is 9.76. The van der Waals surface area contributed by atoms with Crippen LogP contribution in [0.5, 0.6) is 5.75 Å². The lowest BCUT2D eigenvalue weighted by Gasteiger charge is -2.04. The average molecular weight is 278 g/mol. The number of methoxy groups -OCH3 is 2. The molecule has 0 aliphatic heterocycles. The molecular weight excluding hydrogens is 252 g/mol. The Labute approximate surface area is 122 Å². The van der Waals surface area contributed by atoms with E-state index in [1.165, 1.54) is 38.4 Å². The quantitative estimate of drug-likeness (QED) is 0.476. The lowest BCUT2D eigenvalue weighted by atomic mass is 10.0. The molecule has 0 radical (unpaired) electrons. The van der Waals surface area contributed by atoms with Crippen molar-refractivity contribution in [2.24, 2.45) is 0 Å². The zero-order chi connectivity index (χ0) is 14.6. The Hall–Kier alpha value is -1.51. The monoisotopic (exact) mass is 278 g/mol. The van der Waals surface area contributed by atoms with Gasteiger partial charge in [0.1, 0.15) is 5.75 Å². The van der Waals surface area contributed by atoms with Crippen molar-refractivity contribution in [1.82, 2.24) is 0 Å². The topological polar surface area (TPSA) is 35.5 Å². The second-order valence-electron chi connectivity index (χ2n) is 5.05. The van der Waals surface area contributed by atoms with Crippen molar-refractivity contribution in [3.8, 4) is 5.75 Å². The molecule has 0 N–H and O–H groups in total. The Morgan fingerprint density at radius 2 is 1.50 bits per heavy atom. The number of esters is 1. The van der Waals surface area contributed by atoms with Crippen LogP contribution >= 0.6 is 0 Å². The van der Waals surface area contributed by atoms with Crippen molar-refractivity contribution in [3.63, 3.8) is 0 Å². The molecular formula is C17H26O3. The van der Waals surface area contributed by atoms with E-state index in [1.807, 2.05) is 12.1 Å². The van der Waals surface area contributed by atoms with E-state index in [-0.39, 0.29) is 5.97 Å². The van der Waals surface area contributed by atoms with E-state index in [2.05, 4.69) is 16.9 Å². The van der Waals surface area contributed by atoms with Crippen LogP contribution < -0.4 is 4.74 Å². The zero-order valence-electron chi connectivity index (χ0n) is 12.7. The van der Waals surface area contributed by atoms with Crippen LogP contribution in [0.1, 0.15) is 50.5 Å². The van der Waals surface area contributed by atoms with Gasteiger partial charge in [-0.15, -0.1) is 0 Å². The summed E-state index contributed by atoms with van der Waals surface area (Å²) in [5.41, 5.74) is 1.37. The van der Waals surface area contributed by atoms with Crippen LogP contribution in [0.4, 0.5) is 0 Å². The van der Waals surface area contributed by atoms with E-state index in [9.17, 15) is 4.79 Å². The average Bonchev–Trinajstić information content (AvgIpc) is 2.50. The molecule has 1 rings (SSSR count). The van der Waals surface area contributed by atoms with Gasteiger partial charge in [0, 0.05) is 6.42 Å². The highest BCUT2D eigenvalue weighted by Gasteiger charge is 1.99. The van der Waals surface area contributed by atoms with E-state index in [0.717, 1.165) is 25.0 Å². The second kappa shape index (κ2) is 10.3. The van der Waals surface area contributed by atoms with Gasteiger partial charge in [-0.05, 0) is 37.0 Å². The van der Waals surface area contributed by atoms with Crippen LogP contribution in [0.15, 0.2) is 24.3 Å². The molecule has 0 fully saturated rings. The maximum atomic E-state index is 10.9. The maximum Gasteiger partial charge on any atom is 0.305 e. The number of hydrogen-bond acceptors (Lipinski definition) is 3. The summed E-state index contributed by atoms with van der Waals surface area (Å²) in [6.07, 6.45) is 8.70. The third-order valence-corrected chi connectivity index (χ3v) is 3.48. The molecule has 3 nitrogen and oxygen atoms in total. The summed E-state index contributed by atoms with van der Waals surface area (Å²) in [5.74, 6) is 0.823. The molecule has 3 heteroatoms. The Bertz CT molecular complexity index is 370. The fourth-order valence-corrected chi connectivity index (χ4v) is 2.20. The van der Waals surface area contributed by atoms with Crippen LogP contribution in [0.3, 0.4) is 0 Å². The minimum Gasteiger partial charge on any atom is -0.497 e.